The molecular weight excluding hydrogens is 408 g/mol. The van der Waals surface area contributed by atoms with Crippen molar-refractivity contribution in [1.82, 2.24) is 10.2 Å². The van der Waals surface area contributed by atoms with Gasteiger partial charge in [0.2, 0.25) is 11.0 Å². The highest BCUT2D eigenvalue weighted by Crippen LogP contribution is 2.43. The van der Waals surface area contributed by atoms with Crippen molar-refractivity contribution in [2.75, 3.05) is 10.7 Å². The standard InChI is InChI=1S/C17H11ClN4O3S2/c18-12-5-1-10(2-6-12)15-19-20-17(27-15)21-14(23)9-26-16(21)11-3-7-13(8-4-11)22(24)25/h1-8,16H,9H2. The van der Waals surface area contributed by atoms with Gasteiger partial charge in [0.1, 0.15) is 10.4 Å². The van der Waals surface area contributed by atoms with Crippen LogP contribution in [0.5, 0.6) is 0 Å². The molecule has 0 aliphatic carbocycles. The van der Waals surface area contributed by atoms with Crippen molar-refractivity contribution in [3.05, 3.63) is 69.2 Å². The van der Waals surface area contributed by atoms with Gasteiger partial charge in [0.15, 0.2) is 0 Å². The second kappa shape index (κ2) is 7.26. The number of amides is 1. The van der Waals surface area contributed by atoms with Gasteiger partial charge in [-0.2, -0.15) is 0 Å². The number of carbonyl (C=O) groups is 1. The zero-order valence-corrected chi connectivity index (χ0v) is 16.0. The summed E-state index contributed by atoms with van der Waals surface area (Å²) in [6.07, 6.45) is 0. The Morgan fingerprint density at radius 2 is 1.81 bits per heavy atom. The number of hydrogen-bond acceptors (Lipinski definition) is 7. The van der Waals surface area contributed by atoms with Crippen molar-refractivity contribution in [1.29, 1.82) is 0 Å². The van der Waals surface area contributed by atoms with Crippen LogP contribution in [0.1, 0.15) is 10.9 Å². The molecule has 1 aliphatic rings. The normalized spacial score (nSPS) is 16.7. The number of benzene rings is 2. The molecule has 1 aliphatic heterocycles. The molecule has 2 heterocycles. The molecule has 4 rings (SSSR count). The molecule has 1 unspecified atom stereocenters. The lowest BCUT2D eigenvalue weighted by Crippen LogP contribution is -2.27. The largest absolute Gasteiger partial charge is 0.273 e. The summed E-state index contributed by atoms with van der Waals surface area (Å²) in [6.45, 7) is 0. The van der Waals surface area contributed by atoms with Crippen molar-refractivity contribution in [3.8, 4) is 10.6 Å². The van der Waals surface area contributed by atoms with Crippen molar-refractivity contribution < 1.29 is 9.72 Å². The van der Waals surface area contributed by atoms with Crippen LogP contribution in [0.25, 0.3) is 10.6 Å². The van der Waals surface area contributed by atoms with Crippen molar-refractivity contribution in [2.24, 2.45) is 0 Å². The minimum Gasteiger partial charge on any atom is -0.273 e. The van der Waals surface area contributed by atoms with E-state index in [0.29, 0.717) is 20.9 Å². The Morgan fingerprint density at radius 3 is 2.48 bits per heavy atom. The van der Waals surface area contributed by atoms with Crippen molar-refractivity contribution in [3.63, 3.8) is 0 Å². The van der Waals surface area contributed by atoms with Gasteiger partial charge in [-0.25, -0.2) is 0 Å². The second-order valence-electron chi connectivity index (χ2n) is 5.67. The number of aromatic nitrogens is 2. The van der Waals surface area contributed by atoms with Crippen molar-refractivity contribution in [2.45, 2.75) is 5.37 Å². The molecule has 0 spiro atoms. The van der Waals surface area contributed by atoms with E-state index in [1.165, 1.54) is 35.2 Å². The van der Waals surface area contributed by atoms with E-state index in [0.717, 1.165) is 11.1 Å². The van der Waals surface area contributed by atoms with Gasteiger partial charge in [0.25, 0.3) is 5.69 Å². The summed E-state index contributed by atoms with van der Waals surface area (Å²) in [6, 6.07) is 13.5. The van der Waals surface area contributed by atoms with Gasteiger partial charge in [-0.05, 0) is 29.8 Å². The summed E-state index contributed by atoms with van der Waals surface area (Å²) in [5.74, 6) is 0.250. The molecule has 27 heavy (non-hydrogen) atoms. The van der Waals surface area contributed by atoms with Crippen LogP contribution in [0.15, 0.2) is 48.5 Å². The summed E-state index contributed by atoms with van der Waals surface area (Å²) in [5.41, 5.74) is 1.69. The van der Waals surface area contributed by atoms with E-state index >= 15 is 0 Å². The van der Waals surface area contributed by atoms with Crippen LogP contribution in [-0.2, 0) is 4.79 Å². The summed E-state index contributed by atoms with van der Waals surface area (Å²) < 4.78 is 0. The van der Waals surface area contributed by atoms with Gasteiger partial charge in [-0.15, -0.1) is 22.0 Å². The van der Waals surface area contributed by atoms with Crippen LogP contribution in [0.2, 0.25) is 5.02 Å². The Morgan fingerprint density at radius 1 is 1.11 bits per heavy atom. The number of nitrogens with zero attached hydrogens (tertiary/aromatic N) is 4. The molecule has 2 aromatic carbocycles. The number of anilines is 1. The van der Waals surface area contributed by atoms with Crippen molar-refractivity contribution >= 4 is 51.4 Å². The Bertz CT molecular complexity index is 1010. The highest BCUT2D eigenvalue weighted by atomic mass is 35.5. The van der Waals surface area contributed by atoms with E-state index in [9.17, 15) is 14.9 Å². The quantitative estimate of drug-likeness (QED) is 0.456. The molecule has 1 aromatic heterocycles. The predicted molar refractivity (Wildman–Crippen MR) is 106 cm³/mol. The fourth-order valence-corrected chi connectivity index (χ4v) is 4.90. The molecule has 3 aromatic rings. The lowest BCUT2D eigenvalue weighted by Gasteiger charge is -2.20. The molecular formula is C17H11ClN4O3S2. The molecule has 0 radical (unpaired) electrons. The molecule has 1 amide bonds. The van der Waals surface area contributed by atoms with Gasteiger partial charge in [-0.3, -0.25) is 19.8 Å². The third kappa shape index (κ3) is 3.53. The third-order valence-electron chi connectivity index (χ3n) is 3.97. The first-order valence-corrected chi connectivity index (χ1v) is 10.0. The first-order chi connectivity index (χ1) is 13.0. The molecule has 10 heteroatoms. The number of nitro groups is 1. The summed E-state index contributed by atoms with van der Waals surface area (Å²) in [4.78, 5) is 24.4. The molecule has 0 bridgehead atoms. The smallest absolute Gasteiger partial charge is 0.269 e. The minimum atomic E-state index is -0.447. The Labute approximate surface area is 167 Å². The van der Waals surface area contributed by atoms with E-state index < -0.39 is 4.92 Å². The van der Waals surface area contributed by atoms with Crippen LogP contribution < -0.4 is 4.90 Å². The topological polar surface area (TPSA) is 89.2 Å². The number of carbonyl (C=O) groups excluding carboxylic acids is 1. The molecule has 0 N–H and O–H groups in total. The number of rotatable bonds is 4. The van der Waals surface area contributed by atoms with Crippen LogP contribution in [0, 0.1) is 10.1 Å². The molecule has 136 valence electrons. The first kappa shape index (κ1) is 17.9. The van der Waals surface area contributed by atoms with Gasteiger partial charge < -0.3 is 0 Å². The maximum atomic E-state index is 12.4. The predicted octanol–water partition coefficient (Wildman–Crippen LogP) is 4.55. The van der Waals surface area contributed by atoms with Crippen LogP contribution in [0.3, 0.4) is 0 Å². The highest BCUT2D eigenvalue weighted by molar-refractivity contribution is 8.00. The Kier molecular flexibility index (Phi) is 4.81. The summed E-state index contributed by atoms with van der Waals surface area (Å²) in [7, 11) is 0. The highest BCUT2D eigenvalue weighted by Gasteiger charge is 2.36. The van der Waals surface area contributed by atoms with Crippen LogP contribution >= 0.6 is 34.7 Å². The molecule has 1 atom stereocenters. The zero-order chi connectivity index (χ0) is 19.0. The van der Waals surface area contributed by atoms with Gasteiger partial charge in [0, 0.05) is 22.7 Å². The van der Waals surface area contributed by atoms with Crippen LogP contribution in [-0.4, -0.2) is 26.8 Å². The van der Waals surface area contributed by atoms with E-state index in [2.05, 4.69) is 10.2 Å². The minimum absolute atomic E-state index is 0.0144. The number of thioether (sulfide) groups is 1. The van der Waals surface area contributed by atoms with Gasteiger partial charge >= 0.3 is 0 Å². The maximum absolute atomic E-state index is 12.4. The fraction of sp³-hybridized carbons (Fsp3) is 0.118. The molecule has 1 saturated heterocycles. The van der Waals surface area contributed by atoms with E-state index in [1.807, 2.05) is 12.1 Å². The van der Waals surface area contributed by atoms with Gasteiger partial charge in [0.05, 0.1) is 10.7 Å². The number of halogens is 1. The molecule has 0 saturated carbocycles. The average molecular weight is 419 g/mol. The SMILES string of the molecule is O=C1CSC(c2ccc([N+](=O)[O-])cc2)N1c1nnc(-c2ccc(Cl)cc2)s1. The average Bonchev–Trinajstić information content (AvgIpc) is 3.29. The van der Waals surface area contributed by atoms with E-state index in [4.69, 9.17) is 11.6 Å². The lowest BCUT2D eigenvalue weighted by atomic mass is 10.2. The summed E-state index contributed by atoms with van der Waals surface area (Å²) in [5, 5.41) is 20.8. The van der Waals surface area contributed by atoms with Crippen LogP contribution in [0.4, 0.5) is 10.8 Å². The number of nitro benzene ring substituents is 1. The van der Waals surface area contributed by atoms with Gasteiger partial charge in [-0.1, -0.05) is 35.1 Å². The Balaban J connectivity index is 1.64. The Hall–Kier alpha value is -2.49. The zero-order valence-electron chi connectivity index (χ0n) is 13.6. The summed E-state index contributed by atoms with van der Waals surface area (Å²) >= 11 is 8.69. The fourth-order valence-electron chi connectivity index (χ4n) is 2.66. The molecule has 7 nitrogen and oxygen atoms in total. The van der Waals surface area contributed by atoms with E-state index in [1.54, 1.807) is 29.2 Å². The number of hydrogen-bond donors (Lipinski definition) is 0. The third-order valence-corrected chi connectivity index (χ3v) is 6.40. The monoisotopic (exact) mass is 418 g/mol. The second-order valence-corrected chi connectivity index (χ2v) is 8.13. The molecule has 1 fully saturated rings. The number of non-ortho nitro benzene ring substituents is 1. The first-order valence-electron chi connectivity index (χ1n) is 7.80. The van der Waals surface area contributed by atoms with E-state index in [-0.39, 0.29) is 17.0 Å². The maximum Gasteiger partial charge on any atom is 0.269 e. The lowest BCUT2D eigenvalue weighted by molar-refractivity contribution is -0.384.